The number of anilines is 1. The van der Waals surface area contributed by atoms with Crippen LogP contribution in [0, 0.1) is 0 Å². The van der Waals surface area contributed by atoms with Gasteiger partial charge in [-0.1, -0.05) is 28.1 Å². The highest BCUT2D eigenvalue weighted by Crippen LogP contribution is 2.32. The van der Waals surface area contributed by atoms with E-state index in [9.17, 15) is 4.79 Å². The molecule has 0 saturated carbocycles. The first kappa shape index (κ1) is 19.0. The average Bonchev–Trinajstić information content (AvgIpc) is 3.17. The molecule has 0 unspecified atom stereocenters. The van der Waals surface area contributed by atoms with Crippen molar-refractivity contribution in [3.05, 3.63) is 71.2 Å². The predicted octanol–water partition coefficient (Wildman–Crippen LogP) is 5.28. The number of amides is 1. The van der Waals surface area contributed by atoms with Gasteiger partial charge in [-0.25, -0.2) is 4.98 Å². The van der Waals surface area contributed by atoms with E-state index >= 15 is 0 Å². The van der Waals surface area contributed by atoms with Gasteiger partial charge in [-0.15, -0.1) is 0 Å². The third kappa shape index (κ3) is 4.41. The number of hydrogen-bond acceptors (Lipinski definition) is 5. The Bertz CT molecular complexity index is 1120. The second-order valence-electron chi connectivity index (χ2n) is 6.19. The van der Waals surface area contributed by atoms with Crippen LogP contribution in [0.5, 0.6) is 11.5 Å². The van der Waals surface area contributed by atoms with Crippen LogP contribution in [-0.4, -0.2) is 24.6 Å². The van der Waals surface area contributed by atoms with E-state index < -0.39 is 0 Å². The van der Waals surface area contributed by atoms with Crippen molar-refractivity contribution in [2.45, 2.75) is 0 Å². The zero-order valence-electron chi connectivity index (χ0n) is 15.5. The van der Waals surface area contributed by atoms with Gasteiger partial charge in [0, 0.05) is 10.0 Å². The van der Waals surface area contributed by atoms with Crippen LogP contribution >= 0.6 is 15.9 Å². The molecule has 0 radical (unpaired) electrons. The number of methoxy groups -OCH3 is 1. The molecule has 7 heteroatoms. The maximum absolute atomic E-state index is 12.4. The quantitative estimate of drug-likeness (QED) is 0.430. The monoisotopic (exact) mass is 452 g/mol. The number of hydrogen-bond donors (Lipinski definition) is 1. The Balaban J connectivity index is 1.51. The number of oxazole rings is 1. The summed E-state index contributed by atoms with van der Waals surface area (Å²) in [6, 6.07) is 20.2. The lowest BCUT2D eigenvalue weighted by Crippen LogP contribution is -2.20. The average molecular weight is 453 g/mol. The number of carbonyl (C=O) groups is 1. The minimum absolute atomic E-state index is 0.127. The Labute approximate surface area is 175 Å². The fourth-order valence-electron chi connectivity index (χ4n) is 2.80. The Morgan fingerprint density at radius 1 is 1.10 bits per heavy atom. The van der Waals surface area contributed by atoms with E-state index in [4.69, 9.17) is 13.9 Å². The van der Waals surface area contributed by atoms with E-state index in [1.54, 1.807) is 31.4 Å². The normalized spacial score (nSPS) is 10.7. The summed E-state index contributed by atoms with van der Waals surface area (Å²) >= 11 is 3.36. The zero-order valence-corrected chi connectivity index (χ0v) is 17.1. The van der Waals surface area contributed by atoms with Gasteiger partial charge in [0.05, 0.1) is 12.8 Å². The SMILES string of the molecule is COc1ccc(-c2nc3ccccc3o2)cc1NC(=O)COc1ccc(Br)cc1. The number of ether oxygens (including phenoxy) is 2. The van der Waals surface area contributed by atoms with Gasteiger partial charge >= 0.3 is 0 Å². The van der Waals surface area contributed by atoms with E-state index in [1.807, 2.05) is 42.5 Å². The number of fused-ring (bicyclic) bond motifs is 1. The number of halogens is 1. The van der Waals surface area contributed by atoms with E-state index in [2.05, 4.69) is 26.2 Å². The Hall–Kier alpha value is -3.32. The zero-order chi connectivity index (χ0) is 20.2. The lowest BCUT2D eigenvalue weighted by Gasteiger charge is -2.12. The molecule has 0 bridgehead atoms. The van der Waals surface area contributed by atoms with Crippen LogP contribution in [0.25, 0.3) is 22.6 Å². The van der Waals surface area contributed by atoms with Crippen LogP contribution in [0.15, 0.2) is 75.6 Å². The first-order chi connectivity index (χ1) is 14.1. The number of nitrogens with zero attached hydrogens (tertiary/aromatic N) is 1. The van der Waals surface area contributed by atoms with Crippen molar-refractivity contribution in [2.24, 2.45) is 0 Å². The van der Waals surface area contributed by atoms with Gasteiger partial charge in [0.1, 0.15) is 17.0 Å². The van der Waals surface area contributed by atoms with Crippen LogP contribution in [0.4, 0.5) is 5.69 Å². The Morgan fingerprint density at radius 3 is 2.66 bits per heavy atom. The van der Waals surface area contributed by atoms with Gasteiger partial charge in [-0.2, -0.15) is 0 Å². The highest BCUT2D eigenvalue weighted by atomic mass is 79.9. The highest BCUT2D eigenvalue weighted by Gasteiger charge is 2.13. The van der Waals surface area contributed by atoms with E-state index in [0.717, 1.165) is 15.6 Å². The molecule has 3 aromatic carbocycles. The maximum Gasteiger partial charge on any atom is 0.262 e. The molecule has 4 rings (SSSR count). The molecule has 6 nitrogen and oxygen atoms in total. The topological polar surface area (TPSA) is 73.6 Å². The second kappa shape index (κ2) is 8.36. The molecule has 1 N–H and O–H groups in total. The van der Waals surface area contributed by atoms with Crippen molar-refractivity contribution in [3.63, 3.8) is 0 Å². The molecule has 1 heterocycles. The van der Waals surface area contributed by atoms with Crippen LogP contribution in [0.3, 0.4) is 0 Å². The third-order valence-corrected chi connectivity index (χ3v) is 4.73. The minimum atomic E-state index is -0.305. The minimum Gasteiger partial charge on any atom is -0.495 e. The summed E-state index contributed by atoms with van der Waals surface area (Å²) in [5.41, 5.74) is 2.71. The molecule has 1 aromatic heterocycles. The van der Waals surface area contributed by atoms with Gasteiger partial charge in [-0.05, 0) is 54.6 Å². The van der Waals surface area contributed by atoms with Crippen LogP contribution in [0.1, 0.15) is 0 Å². The summed E-state index contributed by atoms with van der Waals surface area (Å²) in [6.45, 7) is -0.127. The van der Waals surface area contributed by atoms with Crippen LogP contribution in [0.2, 0.25) is 0 Å². The fraction of sp³-hybridized carbons (Fsp3) is 0.0909. The van der Waals surface area contributed by atoms with Crippen molar-refractivity contribution in [1.29, 1.82) is 0 Å². The smallest absolute Gasteiger partial charge is 0.262 e. The van der Waals surface area contributed by atoms with E-state index in [1.165, 1.54) is 0 Å². The summed E-state index contributed by atoms with van der Waals surface area (Å²) in [6.07, 6.45) is 0. The third-order valence-electron chi connectivity index (χ3n) is 4.20. The molecule has 4 aromatic rings. The Kier molecular flexibility index (Phi) is 5.48. The molecular formula is C22H17BrN2O4. The number of para-hydroxylation sites is 2. The number of rotatable bonds is 6. The van der Waals surface area contributed by atoms with Crippen molar-refractivity contribution >= 4 is 38.6 Å². The molecule has 0 aliphatic heterocycles. The number of carbonyl (C=O) groups excluding carboxylic acids is 1. The number of nitrogens with one attached hydrogen (secondary N) is 1. The molecule has 1 amide bonds. The summed E-state index contributed by atoms with van der Waals surface area (Å²) in [5, 5.41) is 2.82. The number of benzene rings is 3. The molecule has 0 fully saturated rings. The van der Waals surface area contributed by atoms with Crippen LogP contribution < -0.4 is 14.8 Å². The van der Waals surface area contributed by atoms with Crippen LogP contribution in [-0.2, 0) is 4.79 Å². The van der Waals surface area contributed by atoms with Crippen molar-refractivity contribution in [1.82, 2.24) is 4.98 Å². The van der Waals surface area contributed by atoms with E-state index in [-0.39, 0.29) is 12.5 Å². The molecule has 0 saturated heterocycles. The molecule has 29 heavy (non-hydrogen) atoms. The number of aromatic nitrogens is 1. The van der Waals surface area contributed by atoms with Gasteiger partial charge in [0.25, 0.3) is 5.91 Å². The molecule has 0 atom stereocenters. The fourth-order valence-corrected chi connectivity index (χ4v) is 3.06. The molecule has 0 aliphatic rings. The first-order valence-electron chi connectivity index (χ1n) is 8.84. The largest absolute Gasteiger partial charge is 0.495 e. The van der Waals surface area contributed by atoms with Gasteiger partial charge in [0.2, 0.25) is 5.89 Å². The molecule has 0 spiro atoms. The standard InChI is InChI=1S/C22H17BrN2O4/c1-27-19-11-6-14(22-25-17-4-2-3-5-20(17)29-22)12-18(19)24-21(26)13-28-16-9-7-15(23)8-10-16/h2-12H,13H2,1H3,(H,24,26). The lowest BCUT2D eigenvalue weighted by atomic mass is 10.2. The summed E-state index contributed by atoms with van der Waals surface area (Å²) in [7, 11) is 1.54. The van der Waals surface area contributed by atoms with Crippen molar-refractivity contribution in [3.8, 4) is 23.0 Å². The first-order valence-corrected chi connectivity index (χ1v) is 9.64. The Morgan fingerprint density at radius 2 is 1.90 bits per heavy atom. The highest BCUT2D eigenvalue weighted by molar-refractivity contribution is 9.10. The summed E-state index contributed by atoms with van der Waals surface area (Å²) in [4.78, 5) is 16.9. The molecular weight excluding hydrogens is 436 g/mol. The lowest BCUT2D eigenvalue weighted by molar-refractivity contribution is -0.118. The second-order valence-corrected chi connectivity index (χ2v) is 7.11. The molecule has 146 valence electrons. The maximum atomic E-state index is 12.4. The van der Waals surface area contributed by atoms with Crippen molar-refractivity contribution < 1.29 is 18.7 Å². The summed E-state index contributed by atoms with van der Waals surface area (Å²) in [5.74, 6) is 1.30. The van der Waals surface area contributed by atoms with Gasteiger partial charge in [0.15, 0.2) is 12.2 Å². The predicted molar refractivity (Wildman–Crippen MR) is 114 cm³/mol. The van der Waals surface area contributed by atoms with Gasteiger partial charge in [-0.3, -0.25) is 4.79 Å². The van der Waals surface area contributed by atoms with Gasteiger partial charge < -0.3 is 19.2 Å². The summed E-state index contributed by atoms with van der Waals surface area (Å²) < 4.78 is 17.6. The van der Waals surface area contributed by atoms with E-state index in [0.29, 0.717) is 28.7 Å². The molecule has 0 aliphatic carbocycles. The van der Waals surface area contributed by atoms with Crippen molar-refractivity contribution in [2.75, 3.05) is 19.0 Å².